The van der Waals surface area contributed by atoms with Gasteiger partial charge in [0, 0.05) is 11.3 Å². The highest BCUT2D eigenvalue weighted by Crippen LogP contribution is 2.29. The predicted molar refractivity (Wildman–Crippen MR) is 97.2 cm³/mol. The molecule has 0 aliphatic heterocycles. The van der Waals surface area contributed by atoms with Crippen LogP contribution in [0.2, 0.25) is 0 Å². The lowest BCUT2D eigenvalue weighted by atomic mass is 9.85. The van der Waals surface area contributed by atoms with E-state index in [1.807, 2.05) is 49.5 Å². The lowest BCUT2D eigenvalue weighted by Crippen LogP contribution is -2.20. The first-order valence-corrected chi connectivity index (χ1v) is 8.07. The SMILES string of the molecule is CNCCc1ccccc1C(=O)Nc1ccccc1C(C)(C)C. The van der Waals surface area contributed by atoms with Gasteiger partial charge in [-0.05, 0) is 48.7 Å². The van der Waals surface area contributed by atoms with E-state index in [0.717, 1.165) is 35.3 Å². The van der Waals surface area contributed by atoms with E-state index >= 15 is 0 Å². The van der Waals surface area contributed by atoms with Crippen molar-refractivity contribution in [1.29, 1.82) is 0 Å². The van der Waals surface area contributed by atoms with Gasteiger partial charge in [0.1, 0.15) is 0 Å². The molecule has 0 heterocycles. The van der Waals surface area contributed by atoms with Gasteiger partial charge in [-0.25, -0.2) is 0 Å². The first-order valence-electron chi connectivity index (χ1n) is 8.07. The summed E-state index contributed by atoms with van der Waals surface area (Å²) in [5.74, 6) is -0.0478. The van der Waals surface area contributed by atoms with Crippen molar-refractivity contribution in [3.8, 4) is 0 Å². The number of amides is 1. The van der Waals surface area contributed by atoms with Crippen molar-refractivity contribution in [3.05, 3.63) is 65.2 Å². The summed E-state index contributed by atoms with van der Waals surface area (Å²) in [6.45, 7) is 7.30. The van der Waals surface area contributed by atoms with Crippen molar-refractivity contribution in [1.82, 2.24) is 5.32 Å². The second-order valence-corrected chi connectivity index (χ2v) is 6.76. The molecule has 2 rings (SSSR count). The van der Waals surface area contributed by atoms with Crippen LogP contribution in [0.25, 0.3) is 0 Å². The molecular weight excluding hydrogens is 284 g/mol. The standard InChI is InChI=1S/C20H26N2O/c1-20(2,3)17-11-7-8-12-18(17)22-19(23)16-10-6-5-9-15(16)13-14-21-4/h5-12,21H,13-14H2,1-4H3,(H,22,23). The monoisotopic (exact) mass is 310 g/mol. The number of carbonyl (C=O) groups is 1. The van der Waals surface area contributed by atoms with E-state index in [2.05, 4.69) is 37.5 Å². The van der Waals surface area contributed by atoms with E-state index in [-0.39, 0.29) is 11.3 Å². The summed E-state index contributed by atoms with van der Waals surface area (Å²) in [7, 11) is 1.92. The summed E-state index contributed by atoms with van der Waals surface area (Å²) in [6, 6.07) is 15.8. The van der Waals surface area contributed by atoms with Crippen LogP contribution in [0.3, 0.4) is 0 Å². The minimum Gasteiger partial charge on any atom is -0.322 e. The number of benzene rings is 2. The van der Waals surface area contributed by atoms with Gasteiger partial charge in [-0.3, -0.25) is 4.79 Å². The molecule has 2 N–H and O–H groups in total. The van der Waals surface area contributed by atoms with Crippen LogP contribution in [0.4, 0.5) is 5.69 Å². The largest absolute Gasteiger partial charge is 0.322 e. The molecule has 1 amide bonds. The minimum atomic E-state index is -0.0478. The van der Waals surface area contributed by atoms with Crippen molar-refractivity contribution in [3.63, 3.8) is 0 Å². The quantitative estimate of drug-likeness (QED) is 0.876. The van der Waals surface area contributed by atoms with E-state index in [4.69, 9.17) is 0 Å². The first-order chi connectivity index (χ1) is 10.9. The van der Waals surface area contributed by atoms with Crippen LogP contribution < -0.4 is 10.6 Å². The Morgan fingerprint density at radius 2 is 1.65 bits per heavy atom. The summed E-state index contributed by atoms with van der Waals surface area (Å²) in [5.41, 5.74) is 3.81. The molecule has 3 nitrogen and oxygen atoms in total. The fraction of sp³-hybridized carbons (Fsp3) is 0.350. The zero-order valence-corrected chi connectivity index (χ0v) is 14.4. The third-order valence-corrected chi connectivity index (χ3v) is 3.89. The van der Waals surface area contributed by atoms with Crippen molar-refractivity contribution >= 4 is 11.6 Å². The van der Waals surface area contributed by atoms with Gasteiger partial charge < -0.3 is 10.6 Å². The molecule has 3 heteroatoms. The van der Waals surface area contributed by atoms with Crippen LogP contribution >= 0.6 is 0 Å². The van der Waals surface area contributed by atoms with E-state index < -0.39 is 0 Å². The Morgan fingerprint density at radius 3 is 2.35 bits per heavy atom. The number of likely N-dealkylation sites (N-methyl/N-ethyl adjacent to an activating group) is 1. The minimum absolute atomic E-state index is 0.0183. The smallest absolute Gasteiger partial charge is 0.255 e. The highest BCUT2D eigenvalue weighted by molar-refractivity contribution is 6.05. The Hall–Kier alpha value is -2.13. The predicted octanol–water partition coefficient (Wildman–Crippen LogP) is 4.00. The number of para-hydroxylation sites is 1. The number of carbonyl (C=O) groups excluding carboxylic acids is 1. The molecule has 0 fully saturated rings. The van der Waals surface area contributed by atoms with Crippen molar-refractivity contribution in [2.24, 2.45) is 0 Å². The Kier molecular flexibility index (Phi) is 5.56. The van der Waals surface area contributed by atoms with Gasteiger partial charge >= 0.3 is 0 Å². The van der Waals surface area contributed by atoms with Crippen LogP contribution in [0.5, 0.6) is 0 Å². The van der Waals surface area contributed by atoms with Gasteiger partial charge in [0.05, 0.1) is 0 Å². The molecule has 122 valence electrons. The van der Waals surface area contributed by atoms with Crippen LogP contribution in [-0.4, -0.2) is 19.5 Å². The van der Waals surface area contributed by atoms with Crippen LogP contribution in [-0.2, 0) is 11.8 Å². The molecule has 0 radical (unpaired) electrons. The molecule has 0 spiro atoms. The highest BCUT2D eigenvalue weighted by Gasteiger charge is 2.19. The summed E-state index contributed by atoms with van der Waals surface area (Å²) in [5, 5.41) is 6.22. The molecule has 0 atom stereocenters. The third-order valence-electron chi connectivity index (χ3n) is 3.89. The average Bonchev–Trinajstić information content (AvgIpc) is 2.52. The van der Waals surface area contributed by atoms with Crippen LogP contribution in [0, 0.1) is 0 Å². The lowest BCUT2D eigenvalue weighted by Gasteiger charge is -2.23. The molecule has 0 aliphatic carbocycles. The third kappa shape index (κ3) is 4.42. The second-order valence-electron chi connectivity index (χ2n) is 6.76. The van der Waals surface area contributed by atoms with Gasteiger partial charge in [0.25, 0.3) is 5.91 Å². The summed E-state index contributed by atoms with van der Waals surface area (Å²) < 4.78 is 0. The summed E-state index contributed by atoms with van der Waals surface area (Å²) in [6.07, 6.45) is 0.834. The van der Waals surface area contributed by atoms with Crippen LogP contribution in [0.15, 0.2) is 48.5 Å². The molecule has 0 unspecified atom stereocenters. The number of hydrogen-bond donors (Lipinski definition) is 2. The number of rotatable bonds is 5. The van der Waals surface area contributed by atoms with E-state index in [1.54, 1.807) is 0 Å². The van der Waals surface area contributed by atoms with Crippen molar-refractivity contribution in [2.75, 3.05) is 18.9 Å². The fourth-order valence-electron chi connectivity index (χ4n) is 2.66. The Labute approximate surface area is 139 Å². The van der Waals surface area contributed by atoms with Gasteiger partial charge in [-0.2, -0.15) is 0 Å². The molecule has 0 aromatic heterocycles. The molecule has 0 aliphatic rings. The number of hydrogen-bond acceptors (Lipinski definition) is 2. The van der Waals surface area contributed by atoms with Gasteiger partial charge in [-0.1, -0.05) is 57.2 Å². The molecule has 0 saturated heterocycles. The molecule has 2 aromatic carbocycles. The zero-order valence-electron chi connectivity index (χ0n) is 14.4. The highest BCUT2D eigenvalue weighted by atomic mass is 16.1. The second kappa shape index (κ2) is 7.42. The average molecular weight is 310 g/mol. The van der Waals surface area contributed by atoms with E-state index in [0.29, 0.717) is 0 Å². The van der Waals surface area contributed by atoms with Gasteiger partial charge in [0.15, 0.2) is 0 Å². The lowest BCUT2D eigenvalue weighted by molar-refractivity contribution is 0.102. The van der Waals surface area contributed by atoms with Gasteiger partial charge in [0.2, 0.25) is 0 Å². The van der Waals surface area contributed by atoms with Crippen molar-refractivity contribution < 1.29 is 4.79 Å². The maximum Gasteiger partial charge on any atom is 0.255 e. The zero-order chi connectivity index (χ0) is 16.9. The summed E-state index contributed by atoms with van der Waals surface area (Å²) in [4.78, 5) is 12.7. The Morgan fingerprint density at radius 1 is 1.00 bits per heavy atom. The number of nitrogens with one attached hydrogen (secondary N) is 2. The maximum absolute atomic E-state index is 12.7. The first kappa shape index (κ1) is 17.2. The normalized spacial score (nSPS) is 11.3. The number of anilines is 1. The molecular formula is C20H26N2O. The van der Waals surface area contributed by atoms with Gasteiger partial charge in [-0.15, -0.1) is 0 Å². The van der Waals surface area contributed by atoms with Crippen molar-refractivity contribution in [2.45, 2.75) is 32.6 Å². The molecule has 0 bridgehead atoms. The van der Waals surface area contributed by atoms with E-state index in [1.165, 1.54) is 0 Å². The Balaban J connectivity index is 2.27. The summed E-state index contributed by atoms with van der Waals surface area (Å²) >= 11 is 0. The molecule has 2 aromatic rings. The van der Waals surface area contributed by atoms with E-state index in [9.17, 15) is 4.79 Å². The molecule has 23 heavy (non-hydrogen) atoms. The Bertz CT molecular complexity index is 671. The maximum atomic E-state index is 12.7. The topological polar surface area (TPSA) is 41.1 Å². The fourth-order valence-corrected chi connectivity index (χ4v) is 2.66. The van der Waals surface area contributed by atoms with Crippen LogP contribution in [0.1, 0.15) is 42.3 Å². The molecule has 0 saturated carbocycles.